The summed E-state index contributed by atoms with van der Waals surface area (Å²) in [7, 11) is -3.73. The van der Waals surface area contributed by atoms with Gasteiger partial charge in [0.1, 0.15) is 11.6 Å². The Morgan fingerprint density at radius 3 is 2.04 bits per heavy atom. The quantitative estimate of drug-likeness (QED) is 0.684. The molecular formula is C18H27N5O2S. The summed E-state index contributed by atoms with van der Waals surface area (Å²) in [4.78, 5) is 8.70. The van der Waals surface area contributed by atoms with Crippen LogP contribution in [0.4, 0.5) is 17.6 Å². The van der Waals surface area contributed by atoms with Crippen LogP contribution < -0.4 is 15.4 Å². The molecule has 1 heterocycles. The normalized spacial score (nSPS) is 11.9. The lowest BCUT2D eigenvalue weighted by atomic mass is 9.87. The molecule has 0 bridgehead atoms. The fourth-order valence-corrected chi connectivity index (χ4v) is 3.33. The van der Waals surface area contributed by atoms with Gasteiger partial charge in [0.25, 0.3) is 10.0 Å². The van der Waals surface area contributed by atoms with Crippen LogP contribution in [0.2, 0.25) is 0 Å². The van der Waals surface area contributed by atoms with Crippen molar-refractivity contribution in [3.63, 3.8) is 0 Å². The van der Waals surface area contributed by atoms with E-state index in [0.29, 0.717) is 24.9 Å². The predicted molar refractivity (Wildman–Crippen MR) is 106 cm³/mol. The van der Waals surface area contributed by atoms with Crippen LogP contribution in [0, 0.1) is 0 Å². The molecule has 0 aliphatic carbocycles. The van der Waals surface area contributed by atoms with E-state index in [0.717, 1.165) is 5.56 Å². The monoisotopic (exact) mass is 377 g/mol. The first-order valence-corrected chi connectivity index (χ1v) is 10.1. The van der Waals surface area contributed by atoms with Gasteiger partial charge in [-0.25, -0.2) is 8.42 Å². The second-order valence-electron chi connectivity index (χ2n) is 6.90. The van der Waals surface area contributed by atoms with Gasteiger partial charge < -0.3 is 10.6 Å². The van der Waals surface area contributed by atoms with Gasteiger partial charge in [0, 0.05) is 19.2 Å². The summed E-state index contributed by atoms with van der Waals surface area (Å²) >= 11 is 0. The second kappa shape index (κ2) is 7.90. The zero-order valence-electron chi connectivity index (χ0n) is 15.9. The number of hydrogen-bond acceptors (Lipinski definition) is 6. The Labute approximate surface area is 155 Å². The summed E-state index contributed by atoms with van der Waals surface area (Å²) in [5.74, 6) is 1.14. The molecule has 3 N–H and O–H groups in total. The molecule has 26 heavy (non-hydrogen) atoms. The highest BCUT2D eigenvalue weighted by Gasteiger charge is 2.19. The Hall–Kier alpha value is -2.35. The van der Waals surface area contributed by atoms with Crippen LogP contribution in [0.5, 0.6) is 0 Å². The molecule has 142 valence electrons. The van der Waals surface area contributed by atoms with Crippen LogP contribution in [0.1, 0.15) is 40.2 Å². The average Bonchev–Trinajstić information content (AvgIpc) is 2.54. The van der Waals surface area contributed by atoms with Crippen molar-refractivity contribution in [1.29, 1.82) is 0 Å². The lowest BCUT2D eigenvalue weighted by molar-refractivity contribution is 0.587. The highest BCUT2D eigenvalue weighted by Crippen LogP contribution is 2.24. The fraction of sp³-hybridized carbons (Fsp3) is 0.444. The van der Waals surface area contributed by atoms with Crippen LogP contribution in [0.25, 0.3) is 0 Å². The molecule has 0 radical (unpaired) electrons. The van der Waals surface area contributed by atoms with Gasteiger partial charge in [-0.1, -0.05) is 32.9 Å². The van der Waals surface area contributed by atoms with Gasteiger partial charge >= 0.3 is 0 Å². The molecule has 0 unspecified atom stereocenters. The van der Waals surface area contributed by atoms with Crippen molar-refractivity contribution in [2.24, 2.45) is 0 Å². The van der Waals surface area contributed by atoms with Crippen molar-refractivity contribution in [3.05, 3.63) is 35.9 Å². The maximum Gasteiger partial charge on any atom is 0.263 e. The Kier molecular flexibility index (Phi) is 6.07. The third-order valence-corrected chi connectivity index (χ3v) is 5.06. The second-order valence-corrected chi connectivity index (χ2v) is 8.58. The molecule has 0 atom stereocenters. The third kappa shape index (κ3) is 5.08. The van der Waals surface area contributed by atoms with Gasteiger partial charge in [0.2, 0.25) is 5.95 Å². The Morgan fingerprint density at radius 2 is 1.50 bits per heavy atom. The van der Waals surface area contributed by atoms with E-state index in [2.05, 4.69) is 46.1 Å². The van der Waals surface area contributed by atoms with Crippen molar-refractivity contribution >= 4 is 27.6 Å². The lowest BCUT2D eigenvalue weighted by Gasteiger charge is -2.19. The molecule has 2 rings (SSSR count). The summed E-state index contributed by atoms with van der Waals surface area (Å²) in [6.07, 6.45) is 0. The maximum atomic E-state index is 12.7. The highest BCUT2D eigenvalue weighted by atomic mass is 32.2. The van der Waals surface area contributed by atoms with Gasteiger partial charge in [-0.2, -0.15) is 9.97 Å². The van der Waals surface area contributed by atoms with Crippen LogP contribution in [-0.4, -0.2) is 31.5 Å². The van der Waals surface area contributed by atoms with E-state index in [9.17, 15) is 8.42 Å². The molecule has 0 saturated carbocycles. The van der Waals surface area contributed by atoms with Gasteiger partial charge in [0.15, 0.2) is 0 Å². The Bertz CT molecular complexity index is 819. The standard InChI is InChI=1S/C18H27N5O2S/c1-6-19-15-12-16(22-17(21-15)20-7-2)23-26(24,25)14-10-8-13(9-11-14)18(3,4)5/h8-12H,6-7H2,1-5H3,(H3,19,20,21,22,23). The largest absolute Gasteiger partial charge is 0.370 e. The SMILES string of the molecule is CCNc1cc(NS(=O)(=O)c2ccc(C(C)(C)C)cc2)nc(NCC)n1. The predicted octanol–water partition coefficient (Wildman–Crippen LogP) is 3.44. The molecule has 0 amide bonds. The molecule has 0 saturated heterocycles. The maximum absolute atomic E-state index is 12.7. The number of anilines is 3. The molecule has 1 aromatic carbocycles. The summed E-state index contributed by atoms with van der Waals surface area (Å²) in [5.41, 5.74) is 1.03. The van der Waals surface area contributed by atoms with Gasteiger partial charge in [-0.15, -0.1) is 0 Å². The lowest BCUT2D eigenvalue weighted by Crippen LogP contribution is -2.17. The van der Waals surface area contributed by atoms with E-state index in [1.54, 1.807) is 18.2 Å². The number of aromatic nitrogens is 2. The number of rotatable bonds is 7. The first-order chi connectivity index (χ1) is 12.2. The molecule has 0 aliphatic heterocycles. The van der Waals surface area contributed by atoms with E-state index in [4.69, 9.17) is 0 Å². The van der Waals surface area contributed by atoms with E-state index < -0.39 is 10.0 Å². The topological polar surface area (TPSA) is 96.0 Å². The summed E-state index contributed by atoms with van der Waals surface area (Å²) in [6, 6.07) is 8.47. The summed E-state index contributed by atoms with van der Waals surface area (Å²) in [6.45, 7) is 11.4. The summed E-state index contributed by atoms with van der Waals surface area (Å²) < 4.78 is 27.9. The number of benzene rings is 1. The minimum atomic E-state index is -3.73. The first kappa shape index (κ1) is 20.0. The zero-order chi connectivity index (χ0) is 19.4. The number of hydrogen-bond donors (Lipinski definition) is 3. The molecule has 2 aromatic rings. The fourth-order valence-electron chi connectivity index (χ4n) is 2.34. The van der Waals surface area contributed by atoms with Crippen LogP contribution in [0.3, 0.4) is 0 Å². The smallest absolute Gasteiger partial charge is 0.263 e. The van der Waals surface area contributed by atoms with Crippen molar-refractivity contribution < 1.29 is 8.42 Å². The third-order valence-electron chi connectivity index (χ3n) is 3.69. The Morgan fingerprint density at radius 1 is 0.923 bits per heavy atom. The van der Waals surface area contributed by atoms with E-state index in [1.165, 1.54) is 0 Å². The zero-order valence-corrected chi connectivity index (χ0v) is 16.7. The average molecular weight is 378 g/mol. The van der Waals surface area contributed by atoms with Gasteiger partial charge in [0.05, 0.1) is 4.90 Å². The van der Waals surface area contributed by atoms with Crippen molar-refractivity contribution in [3.8, 4) is 0 Å². The van der Waals surface area contributed by atoms with Crippen LogP contribution in [-0.2, 0) is 15.4 Å². The number of nitrogens with one attached hydrogen (secondary N) is 3. The van der Waals surface area contributed by atoms with E-state index >= 15 is 0 Å². The molecule has 0 spiro atoms. The Balaban J connectivity index is 2.30. The molecule has 8 heteroatoms. The molecule has 0 fully saturated rings. The van der Waals surface area contributed by atoms with Crippen LogP contribution >= 0.6 is 0 Å². The minimum Gasteiger partial charge on any atom is -0.370 e. The molecule has 1 aromatic heterocycles. The van der Waals surface area contributed by atoms with Crippen LogP contribution in [0.15, 0.2) is 35.2 Å². The van der Waals surface area contributed by atoms with Gasteiger partial charge in [-0.05, 0) is 37.0 Å². The summed E-state index contributed by atoms with van der Waals surface area (Å²) in [5, 5.41) is 6.07. The van der Waals surface area contributed by atoms with Crippen molar-refractivity contribution in [2.75, 3.05) is 28.4 Å². The molecular weight excluding hydrogens is 350 g/mol. The minimum absolute atomic E-state index is 0.0379. The van der Waals surface area contributed by atoms with E-state index in [-0.39, 0.29) is 16.1 Å². The first-order valence-electron chi connectivity index (χ1n) is 8.66. The van der Waals surface area contributed by atoms with Crippen molar-refractivity contribution in [1.82, 2.24) is 9.97 Å². The molecule has 7 nitrogen and oxygen atoms in total. The van der Waals surface area contributed by atoms with Gasteiger partial charge in [-0.3, -0.25) is 4.72 Å². The van der Waals surface area contributed by atoms with Crippen molar-refractivity contribution in [2.45, 2.75) is 44.9 Å². The van der Waals surface area contributed by atoms with E-state index in [1.807, 2.05) is 26.0 Å². The highest BCUT2D eigenvalue weighted by molar-refractivity contribution is 7.92. The number of sulfonamides is 1. The number of nitrogens with zero attached hydrogens (tertiary/aromatic N) is 2. The molecule has 0 aliphatic rings.